The highest BCUT2D eigenvalue weighted by atomic mass is 35.5. The van der Waals surface area contributed by atoms with Crippen LogP contribution in [-0.4, -0.2) is 7.11 Å². The van der Waals surface area contributed by atoms with Crippen molar-refractivity contribution in [1.29, 1.82) is 0 Å². The largest absolute Gasteiger partial charge is 0.495 e. The molecule has 0 spiro atoms. The first-order valence-electron chi connectivity index (χ1n) is 5.92. The van der Waals surface area contributed by atoms with E-state index in [1.54, 1.807) is 13.2 Å². The van der Waals surface area contributed by atoms with E-state index >= 15 is 0 Å². The number of benzene rings is 2. The maximum absolute atomic E-state index is 5.98. The fraction of sp³-hybridized carbons (Fsp3) is 0.200. The van der Waals surface area contributed by atoms with Crippen LogP contribution < -0.4 is 10.1 Å². The molecule has 0 aliphatic carbocycles. The molecule has 2 aromatic rings. The molecule has 2 aromatic carbocycles. The van der Waals surface area contributed by atoms with Crippen molar-refractivity contribution in [3.63, 3.8) is 0 Å². The molecule has 0 amide bonds. The van der Waals surface area contributed by atoms with E-state index in [-0.39, 0.29) is 0 Å². The lowest BCUT2D eigenvalue weighted by atomic mass is 10.2. The Morgan fingerprint density at radius 3 is 2.37 bits per heavy atom. The summed E-state index contributed by atoms with van der Waals surface area (Å²) in [5.74, 6) is 0.818. The second kappa shape index (κ2) is 6.18. The topological polar surface area (TPSA) is 21.3 Å². The van der Waals surface area contributed by atoms with E-state index in [1.165, 1.54) is 5.56 Å². The molecule has 1 N–H and O–H groups in total. The zero-order valence-electron chi connectivity index (χ0n) is 10.8. The van der Waals surface area contributed by atoms with Crippen LogP contribution in [0.15, 0.2) is 36.4 Å². The van der Waals surface area contributed by atoms with E-state index in [0.29, 0.717) is 16.6 Å². The third kappa shape index (κ3) is 3.79. The van der Waals surface area contributed by atoms with Crippen molar-refractivity contribution in [3.05, 3.63) is 57.6 Å². The number of aryl methyl sites for hydroxylation is 1. The fourth-order valence-corrected chi connectivity index (χ4v) is 2.44. The molecule has 2 nitrogen and oxygen atoms in total. The van der Waals surface area contributed by atoms with E-state index in [9.17, 15) is 0 Å². The van der Waals surface area contributed by atoms with Crippen LogP contribution in [0.2, 0.25) is 10.0 Å². The van der Waals surface area contributed by atoms with Gasteiger partial charge in [-0.2, -0.15) is 0 Å². The molecule has 0 bridgehead atoms. The first-order chi connectivity index (χ1) is 9.08. The van der Waals surface area contributed by atoms with Crippen molar-refractivity contribution in [3.8, 4) is 5.75 Å². The zero-order valence-corrected chi connectivity index (χ0v) is 12.3. The fourth-order valence-electron chi connectivity index (χ4n) is 1.87. The summed E-state index contributed by atoms with van der Waals surface area (Å²) >= 11 is 12.0. The summed E-state index contributed by atoms with van der Waals surface area (Å²) in [4.78, 5) is 0. The lowest BCUT2D eigenvalue weighted by Crippen LogP contribution is -2.01. The van der Waals surface area contributed by atoms with Crippen LogP contribution in [0.1, 0.15) is 11.1 Å². The summed E-state index contributed by atoms with van der Waals surface area (Å²) < 4.78 is 5.32. The minimum absolute atomic E-state index is 0.639. The molecular weight excluding hydrogens is 281 g/mol. The standard InChI is InChI=1S/C15H15Cl2NO/c1-10-3-4-15(19-2)14(5-10)18-9-11-6-12(16)8-13(17)7-11/h3-8,18H,9H2,1-2H3. The molecule has 0 saturated carbocycles. The van der Waals surface area contributed by atoms with Gasteiger partial charge >= 0.3 is 0 Å². The van der Waals surface area contributed by atoms with Gasteiger partial charge in [0.15, 0.2) is 0 Å². The van der Waals surface area contributed by atoms with Gasteiger partial charge in [-0.3, -0.25) is 0 Å². The minimum atomic E-state index is 0.639. The van der Waals surface area contributed by atoms with Crippen LogP contribution in [-0.2, 0) is 6.54 Å². The van der Waals surface area contributed by atoms with E-state index in [2.05, 4.69) is 5.32 Å². The summed E-state index contributed by atoms with van der Waals surface area (Å²) in [6.45, 7) is 2.68. The minimum Gasteiger partial charge on any atom is -0.495 e. The van der Waals surface area contributed by atoms with Gasteiger partial charge in [-0.05, 0) is 48.4 Å². The Hall–Kier alpha value is -1.38. The number of anilines is 1. The highest BCUT2D eigenvalue weighted by molar-refractivity contribution is 6.34. The summed E-state index contributed by atoms with van der Waals surface area (Å²) in [6, 6.07) is 11.5. The van der Waals surface area contributed by atoms with Gasteiger partial charge in [-0.15, -0.1) is 0 Å². The molecule has 4 heteroatoms. The third-order valence-corrected chi connectivity index (χ3v) is 3.20. The molecule has 0 radical (unpaired) electrons. The summed E-state index contributed by atoms with van der Waals surface area (Å²) in [5.41, 5.74) is 3.16. The van der Waals surface area contributed by atoms with Gasteiger partial charge in [0.2, 0.25) is 0 Å². The highest BCUT2D eigenvalue weighted by Gasteiger charge is 2.04. The second-order valence-corrected chi connectivity index (χ2v) is 5.21. The quantitative estimate of drug-likeness (QED) is 0.864. The molecule has 0 fully saturated rings. The van der Waals surface area contributed by atoms with Crippen LogP contribution in [0.5, 0.6) is 5.75 Å². The smallest absolute Gasteiger partial charge is 0.141 e. The number of nitrogens with one attached hydrogen (secondary N) is 1. The Kier molecular flexibility index (Phi) is 4.56. The maximum atomic E-state index is 5.98. The Labute approximate surface area is 123 Å². The molecule has 19 heavy (non-hydrogen) atoms. The number of methoxy groups -OCH3 is 1. The second-order valence-electron chi connectivity index (χ2n) is 4.33. The first-order valence-corrected chi connectivity index (χ1v) is 6.67. The average molecular weight is 296 g/mol. The number of rotatable bonds is 4. The summed E-state index contributed by atoms with van der Waals surface area (Å²) in [7, 11) is 1.66. The Morgan fingerprint density at radius 2 is 1.74 bits per heavy atom. The van der Waals surface area contributed by atoms with Crippen molar-refractivity contribution in [2.45, 2.75) is 13.5 Å². The van der Waals surface area contributed by atoms with Crippen molar-refractivity contribution in [1.82, 2.24) is 0 Å². The van der Waals surface area contributed by atoms with E-state index in [0.717, 1.165) is 17.0 Å². The maximum Gasteiger partial charge on any atom is 0.141 e. The van der Waals surface area contributed by atoms with Crippen molar-refractivity contribution in [2.75, 3.05) is 12.4 Å². The number of ether oxygens (including phenoxy) is 1. The highest BCUT2D eigenvalue weighted by Crippen LogP contribution is 2.26. The Bertz CT molecular complexity index is 564. The monoisotopic (exact) mass is 295 g/mol. The molecule has 0 aliphatic rings. The molecule has 0 aromatic heterocycles. The van der Waals surface area contributed by atoms with Crippen molar-refractivity contribution >= 4 is 28.9 Å². The normalized spacial score (nSPS) is 10.3. The van der Waals surface area contributed by atoms with Crippen molar-refractivity contribution < 1.29 is 4.74 Å². The van der Waals surface area contributed by atoms with Gasteiger partial charge < -0.3 is 10.1 Å². The van der Waals surface area contributed by atoms with Gasteiger partial charge in [0, 0.05) is 16.6 Å². The van der Waals surface area contributed by atoms with Gasteiger partial charge in [-0.25, -0.2) is 0 Å². The van der Waals surface area contributed by atoms with Crippen molar-refractivity contribution in [2.24, 2.45) is 0 Å². The average Bonchev–Trinajstić information content (AvgIpc) is 2.35. The van der Waals surface area contributed by atoms with Gasteiger partial charge in [0.05, 0.1) is 12.8 Å². The lowest BCUT2D eigenvalue weighted by Gasteiger charge is -2.12. The zero-order chi connectivity index (χ0) is 13.8. The molecule has 0 atom stereocenters. The molecule has 0 heterocycles. The van der Waals surface area contributed by atoms with E-state index < -0.39 is 0 Å². The van der Waals surface area contributed by atoms with Crippen LogP contribution in [0.3, 0.4) is 0 Å². The summed E-state index contributed by atoms with van der Waals surface area (Å²) in [6.07, 6.45) is 0. The SMILES string of the molecule is COc1ccc(C)cc1NCc1cc(Cl)cc(Cl)c1. The van der Waals surface area contributed by atoms with Crippen LogP contribution >= 0.6 is 23.2 Å². The molecule has 2 rings (SSSR count). The summed E-state index contributed by atoms with van der Waals surface area (Å²) in [5, 5.41) is 4.61. The predicted molar refractivity (Wildman–Crippen MR) is 81.5 cm³/mol. The molecule has 100 valence electrons. The van der Waals surface area contributed by atoms with Crippen LogP contribution in [0.4, 0.5) is 5.69 Å². The Balaban J connectivity index is 2.16. The molecular formula is C15H15Cl2NO. The van der Waals surface area contributed by atoms with E-state index in [4.69, 9.17) is 27.9 Å². The predicted octanol–water partition coefficient (Wildman–Crippen LogP) is 4.92. The lowest BCUT2D eigenvalue weighted by molar-refractivity contribution is 0.416. The third-order valence-electron chi connectivity index (χ3n) is 2.76. The molecule has 0 saturated heterocycles. The van der Waals surface area contributed by atoms with E-state index in [1.807, 2.05) is 37.3 Å². The number of hydrogen-bond acceptors (Lipinski definition) is 2. The van der Waals surface area contributed by atoms with Crippen LogP contribution in [0, 0.1) is 6.92 Å². The van der Waals surface area contributed by atoms with Crippen LogP contribution in [0.25, 0.3) is 0 Å². The first kappa shape index (κ1) is 14.0. The number of hydrogen-bond donors (Lipinski definition) is 1. The number of halogens is 2. The molecule has 0 unspecified atom stereocenters. The molecule has 0 aliphatic heterocycles. The van der Waals surface area contributed by atoms with Gasteiger partial charge in [0.1, 0.15) is 5.75 Å². The van der Waals surface area contributed by atoms with Gasteiger partial charge in [0.25, 0.3) is 0 Å². The van der Waals surface area contributed by atoms with Gasteiger partial charge in [-0.1, -0.05) is 29.3 Å². The Morgan fingerprint density at radius 1 is 1.05 bits per heavy atom.